The Balaban J connectivity index is 1.87. The minimum atomic E-state index is -3.45. The van der Waals surface area contributed by atoms with Crippen molar-refractivity contribution >= 4 is 44.9 Å². The fourth-order valence-electron chi connectivity index (χ4n) is 3.12. The van der Waals surface area contributed by atoms with E-state index in [2.05, 4.69) is 20.0 Å². The van der Waals surface area contributed by atoms with Gasteiger partial charge in [0.15, 0.2) is 0 Å². The summed E-state index contributed by atoms with van der Waals surface area (Å²) >= 11 is 0. The zero-order valence-corrected chi connectivity index (χ0v) is 16.6. The molecule has 0 bridgehead atoms. The maximum Gasteiger partial charge on any atom is 0.488 e. The second kappa shape index (κ2) is 7.41. The van der Waals surface area contributed by atoms with Crippen LogP contribution in [0.5, 0.6) is 0 Å². The first-order valence-corrected chi connectivity index (χ1v) is 10.6. The highest BCUT2D eigenvalue weighted by Crippen LogP contribution is 2.30. The number of sulfonamides is 1. The molecule has 0 atom stereocenters. The molecule has 2 aromatic heterocycles. The summed E-state index contributed by atoms with van der Waals surface area (Å²) in [6, 6.07) is 10.2. The Morgan fingerprint density at radius 3 is 2.67 bits per heavy atom. The summed E-state index contributed by atoms with van der Waals surface area (Å²) in [5, 5.41) is 32.2. The van der Waals surface area contributed by atoms with Crippen molar-refractivity contribution in [2.24, 2.45) is 0 Å². The van der Waals surface area contributed by atoms with Gasteiger partial charge in [0.25, 0.3) is 0 Å². The standard InChI is InChI=1S/C18H17BN6O4S/c1-30(28,29)24-13-8-22-25(10-13)18-5-3-12(19(26)27)7-15(18)11-2-4-14-16(20)9-21-23-17(14)6-11/h2-10,24,26-27H,1H3,(H2,20,23). The first kappa shape index (κ1) is 19.8. The van der Waals surface area contributed by atoms with Crippen molar-refractivity contribution in [3.05, 3.63) is 55.0 Å². The van der Waals surface area contributed by atoms with Crippen molar-refractivity contribution in [2.75, 3.05) is 16.7 Å². The molecule has 30 heavy (non-hydrogen) atoms. The van der Waals surface area contributed by atoms with E-state index in [1.165, 1.54) is 23.3 Å². The molecule has 12 heteroatoms. The van der Waals surface area contributed by atoms with Crippen molar-refractivity contribution in [1.82, 2.24) is 20.0 Å². The molecule has 152 valence electrons. The van der Waals surface area contributed by atoms with Crippen LogP contribution in [-0.4, -0.2) is 51.8 Å². The Bertz CT molecular complexity index is 1360. The normalized spacial score (nSPS) is 11.6. The molecular formula is C18H17BN6O4S. The van der Waals surface area contributed by atoms with Gasteiger partial charge in [0.1, 0.15) is 0 Å². The van der Waals surface area contributed by atoms with Crippen LogP contribution in [-0.2, 0) is 10.0 Å². The zero-order valence-electron chi connectivity index (χ0n) is 15.8. The lowest BCUT2D eigenvalue weighted by Gasteiger charge is -2.13. The first-order chi connectivity index (χ1) is 14.2. The minimum Gasteiger partial charge on any atom is -0.423 e. The molecule has 0 fully saturated rings. The number of fused-ring (bicyclic) bond motifs is 1. The van der Waals surface area contributed by atoms with Crippen LogP contribution in [0.15, 0.2) is 55.0 Å². The molecule has 10 nitrogen and oxygen atoms in total. The van der Waals surface area contributed by atoms with Crippen LogP contribution < -0.4 is 15.9 Å². The number of nitrogens with two attached hydrogens (primary N) is 1. The third-order valence-electron chi connectivity index (χ3n) is 4.43. The van der Waals surface area contributed by atoms with E-state index in [0.29, 0.717) is 33.7 Å². The Morgan fingerprint density at radius 2 is 1.93 bits per heavy atom. The van der Waals surface area contributed by atoms with Crippen LogP contribution in [0, 0.1) is 0 Å². The quantitative estimate of drug-likeness (QED) is 0.329. The van der Waals surface area contributed by atoms with Crippen LogP contribution in [0.1, 0.15) is 0 Å². The van der Waals surface area contributed by atoms with Crippen molar-refractivity contribution in [2.45, 2.75) is 0 Å². The predicted molar refractivity (Wildman–Crippen MR) is 115 cm³/mol. The van der Waals surface area contributed by atoms with E-state index >= 15 is 0 Å². The number of anilines is 2. The number of nitrogen functional groups attached to an aromatic ring is 1. The molecule has 0 aliphatic rings. The fourth-order valence-corrected chi connectivity index (χ4v) is 3.65. The van der Waals surface area contributed by atoms with Crippen LogP contribution in [0.25, 0.3) is 27.7 Å². The van der Waals surface area contributed by atoms with Crippen molar-refractivity contribution < 1.29 is 18.5 Å². The third-order valence-corrected chi connectivity index (χ3v) is 5.04. The van der Waals surface area contributed by atoms with E-state index in [-0.39, 0.29) is 5.46 Å². The summed E-state index contributed by atoms with van der Waals surface area (Å²) in [7, 11) is -5.11. The Morgan fingerprint density at radius 1 is 1.13 bits per heavy atom. The summed E-state index contributed by atoms with van der Waals surface area (Å²) < 4.78 is 26.8. The average Bonchev–Trinajstić information content (AvgIpc) is 3.14. The number of hydrogen-bond donors (Lipinski definition) is 4. The number of nitrogens with zero attached hydrogens (tertiary/aromatic N) is 4. The van der Waals surface area contributed by atoms with Crippen LogP contribution in [0.4, 0.5) is 11.4 Å². The summed E-state index contributed by atoms with van der Waals surface area (Å²) in [5.41, 5.74) is 9.54. The number of benzene rings is 2. The highest BCUT2D eigenvalue weighted by Gasteiger charge is 2.17. The van der Waals surface area contributed by atoms with E-state index in [9.17, 15) is 18.5 Å². The summed E-state index contributed by atoms with van der Waals surface area (Å²) in [6.45, 7) is 0. The SMILES string of the molecule is CS(=O)(=O)Nc1cnn(-c2ccc(B(O)O)cc2-c2ccc3c(N)cnnc3c2)c1. The Kier molecular flexibility index (Phi) is 4.90. The van der Waals surface area contributed by atoms with Gasteiger partial charge in [-0.15, -0.1) is 0 Å². The number of hydrogen-bond acceptors (Lipinski definition) is 8. The van der Waals surface area contributed by atoms with Crippen molar-refractivity contribution in [1.29, 1.82) is 0 Å². The van der Waals surface area contributed by atoms with Gasteiger partial charge in [0.2, 0.25) is 10.0 Å². The number of rotatable bonds is 5. The molecular weight excluding hydrogens is 407 g/mol. The van der Waals surface area contributed by atoms with Gasteiger partial charge >= 0.3 is 7.12 Å². The van der Waals surface area contributed by atoms with Gasteiger partial charge in [-0.2, -0.15) is 15.3 Å². The van der Waals surface area contributed by atoms with Gasteiger partial charge in [-0.1, -0.05) is 18.2 Å². The molecule has 0 saturated carbocycles. The highest BCUT2D eigenvalue weighted by atomic mass is 32.2. The molecule has 4 aromatic rings. The van der Waals surface area contributed by atoms with Crippen LogP contribution >= 0.6 is 0 Å². The van der Waals surface area contributed by atoms with E-state index in [0.717, 1.165) is 11.6 Å². The van der Waals surface area contributed by atoms with Gasteiger partial charge in [-0.25, -0.2) is 13.1 Å². The lowest BCUT2D eigenvalue weighted by Crippen LogP contribution is -2.30. The molecule has 2 aromatic carbocycles. The second-order valence-electron chi connectivity index (χ2n) is 6.73. The lowest BCUT2D eigenvalue weighted by atomic mass is 9.78. The largest absolute Gasteiger partial charge is 0.488 e. The number of nitrogens with one attached hydrogen (secondary N) is 1. The topological polar surface area (TPSA) is 156 Å². The fraction of sp³-hybridized carbons (Fsp3) is 0.0556. The summed E-state index contributed by atoms with van der Waals surface area (Å²) in [6.07, 6.45) is 5.42. The Labute approximate surface area is 172 Å². The molecule has 0 saturated heterocycles. The molecule has 0 unspecified atom stereocenters. The smallest absolute Gasteiger partial charge is 0.423 e. The van der Waals surface area contributed by atoms with Gasteiger partial charge in [0.05, 0.1) is 47.4 Å². The first-order valence-electron chi connectivity index (χ1n) is 8.75. The van der Waals surface area contributed by atoms with Gasteiger partial charge in [-0.05, 0) is 29.2 Å². The Hall–Kier alpha value is -3.48. The lowest BCUT2D eigenvalue weighted by molar-refractivity contribution is 0.426. The predicted octanol–water partition coefficient (Wildman–Crippen LogP) is 0.116. The monoisotopic (exact) mass is 424 g/mol. The molecule has 0 radical (unpaired) electrons. The molecule has 0 aliphatic carbocycles. The third kappa shape index (κ3) is 3.96. The average molecular weight is 424 g/mol. The second-order valence-corrected chi connectivity index (χ2v) is 8.48. The van der Waals surface area contributed by atoms with E-state index in [1.54, 1.807) is 30.3 Å². The molecule has 4 rings (SSSR count). The minimum absolute atomic E-state index is 0.286. The van der Waals surface area contributed by atoms with E-state index < -0.39 is 17.1 Å². The zero-order chi connectivity index (χ0) is 21.5. The maximum atomic E-state index is 11.5. The maximum absolute atomic E-state index is 11.5. The van der Waals surface area contributed by atoms with Crippen LogP contribution in [0.2, 0.25) is 0 Å². The van der Waals surface area contributed by atoms with Gasteiger partial charge in [0, 0.05) is 10.9 Å². The van der Waals surface area contributed by atoms with Crippen molar-refractivity contribution in [3.63, 3.8) is 0 Å². The van der Waals surface area contributed by atoms with Gasteiger partial charge < -0.3 is 15.8 Å². The van der Waals surface area contributed by atoms with Crippen molar-refractivity contribution in [3.8, 4) is 16.8 Å². The molecule has 0 spiro atoms. The van der Waals surface area contributed by atoms with Gasteiger partial charge in [-0.3, -0.25) is 4.72 Å². The summed E-state index contributed by atoms with van der Waals surface area (Å²) in [5.74, 6) is 0. The number of aromatic nitrogens is 4. The molecule has 0 aliphatic heterocycles. The molecule has 2 heterocycles. The van der Waals surface area contributed by atoms with Crippen LogP contribution in [0.3, 0.4) is 0 Å². The van der Waals surface area contributed by atoms with E-state index in [1.807, 2.05) is 6.07 Å². The molecule has 0 amide bonds. The highest BCUT2D eigenvalue weighted by molar-refractivity contribution is 7.92. The molecule has 5 N–H and O–H groups in total. The van der Waals surface area contributed by atoms with E-state index in [4.69, 9.17) is 5.73 Å². The summed E-state index contributed by atoms with van der Waals surface area (Å²) in [4.78, 5) is 0.